The van der Waals surface area contributed by atoms with E-state index in [0.717, 1.165) is 32.1 Å². The highest BCUT2D eigenvalue weighted by atomic mass is 16.2. The van der Waals surface area contributed by atoms with Gasteiger partial charge in [-0.15, -0.1) is 0 Å². The van der Waals surface area contributed by atoms with Crippen LogP contribution in [0.5, 0.6) is 0 Å². The van der Waals surface area contributed by atoms with E-state index in [1.807, 2.05) is 23.1 Å². The number of hydrogen-bond acceptors (Lipinski definition) is 3. The molecule has 0 spiro atoms. The molecule has 1 saturated carbocycles. The van der Waals surface area contributed by atoms with Gasteiger partial charge in [0, 0.05) is 19.0 Å². The average Bonchev–Trinajstić information content (AvgIpc) is 2.84. The van der Waals surface area contributed by atoms with Gasteiger partial charge in [-0.05, 0) is 31.4 Å². The second kappa shape index (κ2) is 7.09. The van der Waals surface area contributed by atoms with E-state index in [0.29, 0.717) is 25.3 Å². The van der Waals surface area contributed by atoms with Crippen molar-refractivity contribution in [2.75, 3.05) is 24.5 Å². The Balaban J connectivity index is 1.53. The molecule has 6 heteroatoms. The van der Waals surface area contributed by atoms with Gasteiger partial charge < -0.3 is 9.80 Å². The number of urea groups is 1. The molecule has 3 aliphatic rings. The zero-order chi connectivity index (χ0) is 18.1. The van der Waals surface area contributed by atoms with Crippen molar-refractivity contribution in [1.29, 1.82) is 0 Å². The van der Waals surface area contributed by atoms with Crippen molar-refractivity contribution in [3.05, 3.63) is 30.3 Å². The molecule has 1 aromatic carbocycles. The average molecular weight is 355 g/mol. The van der Waals surface area contributed by atoms with Gasteiger partial charge in [-0.3, -0.25) is 9.59 Å². The first-order valence-electron chi connectivity index (χ1n) is 9.65. The maximum atomic E-state index is 13.0. The molecule has 1 aromatic rings. The molecular weight excluding hydrogens is 330 g/mol. The predicted molar refractivity (Wildman–Crippen MR) is 97.6 cm³/mol. The fourth-order valence-electron chi connectivity index (χ4n) is 4.42. The second-order valence-electron chi connectivity index (χ2n) is 7.47. The van der Waals surface area contributed by atoms with Gasteiger partial charge in [0.15, 0.2) is 0 Å². The highest BCUT2D eigenvalue weighted by molar-refractivity contribution is 6.21. The van der Waals surface area contributed by atoms with Crippen LogP contribution in [0.15, 0.2) is 30.3 Å². The van der Waals surface area contributed by atoms with E-state index in [-0.39, 0.29) is 23.8 Å². The molecule has 1 atom stereocenters. The van der Waals surface area contributed by atoms with Crippen molar-refractivity contribution in [1.82, 2.24) is 9.80 Å². The summed E-state index contributed by atoms with van der Waals surface area (Å²) < 4.78 is 0. The number of anilines is 1. The Bertz CT molecular complexity index is 700. The number of imide groups is 1. The molecule has 2 heterocycles. The molecule has 0 aromatic heterocycles. The summed E-state index contributed by atoms with van der Waals surface area (Å²) in [5, 5.41) is 0. The fraction of sp³-hybridized carbons (Fsp3) is 0.550. The molecular formula is C20H25N3O3. The van der Waals surface area contributed by atoms with Crippen molar-refractivity contribution in [3.8, 4) is 0 Å². The molecule has 2 saturated heterocycles. The van der Waals surface area contributed by atoms with E-state index < -0.39 is 6.04 Å². The van der Waals surface area contributed by atoms with Crippen molar-refractivity contribution in [3.63, 3.8) is 0 Å². The number of benzene rings is 1. The lowest BCUT2D eigenvalue weighted by molar-refractivity contribution is -0.137. The number of amides is 4. The van der Waals surface area contributed by atoms with Crippen LogP contribution in [0.25, 0.3) is 0 Å². The summed E-state index contributed by atoms with van der Waals surface area (Å²) in [6.45, 7) is 1.48. The summed E-state index contributed by atoms with van der Waals surface area (Å²) in [5.74, 6) is 0.0437. The Labute approximate surface area is 153 Å². The Morgan fingerprint density at radius 3 is 2.38 bits per heavy atom. The van der Waals surface area contributed by atoms with Gasteiger partial charge in [-0.1, -0.05) is 37.5 Å². The first-order chi connectivity index (χ1) is 12.7. The fourth-order valence-corrected chi connectivity index (χ4v) is 4.42. The Morgan fingerprint density at radius 2 is 1.65 bits per heavy atom. The minimum absolute atomic E-state index is 0.0905. The third-order valence-electron chi connectivity index (χ3n) is 5.82. The van der Waals surface area contributed by atoms with Crippen LogP contribution in [-0.2, 0) is 9.59 Å². The van der Waals surface area contributed by atoms with Gasteiger partial charge in [0.05, 0.1) is 12.2 Å². The molecule has 26 heavy (non-hydrogen) atoms. The molecule has 3 fully saturated rings. The van der Waals surface area contributed by atoms with Gasteiger partial charge in [-0.2, -0.15) is 0 Å². The summed E-state index contributed by atoms with van der Waals surface area (Å²) in [5.41, 5.74) is 0.598. The van der Waals surface area contributed by atoms with Crippen LogP contribution in [-0.4, -0.2) is 53.3 Å². The Hall–Kier alpha value is -2.37. The molecule has 4 amide bonds. The lowest BCUT2D eigenvalue weighted by Crippen LogP contribution is -2.45. The summed E-state index contributed by atoms with van der Waals surface area (Å²) in [6.07, 6.45) is 6.05. The number of carbonyl (C=O) groups excluding carboxylic acids is 3. The number of carbonyl (C=O) groups is 3. The monoisotopic (exact) mass is 355 g/mol. The van der Waals surface area contributed by atoms with Gasteiger partial charge in [0.1, 0.15) is 6.04 Å². The lowest BCUT2D eigenvalue weighted by atomic mass is 9.88. The summed E-state index contributed by atoms with van der Waals surface area (Å²) in [7, 11) is 0. The third-order valence-corrected chi connectivity index (χ3v) is 5.82. The minimum atomic E-state index is -0.558. The third kappa shape index (κ3) is 2.97. The molecule has 0 N–H and O–H groups in total. The number of hydrogen-bond donors (Lipinski definition) is 0. The van der Waals surface area contributed by atoms with Crippen LogP contribution in [0, 0.1) is 5.92 Å². The number of rotatable bonds is 2. The van der Waals surface area contributed by atoms with Crippen LogP contribution in [0.3, 0.4) is 0 Å². The molecule has 0 bridgehead atoms. The van der Waals surface area contributed by atoms with E-state index in [4.69, 9.17) is 0 Å². The van der Waals surface area contributed by atoms with E-state index in [9.17, 15) is 14.4 Å². The molecule has 1 unspecified atom stereocenters. The zero-order valence-corrected chi connectivity index (χ0v) is 15.0. The van der Waals surface area contributed by atoms with E-state index in [1.54, 1.807) is 17.0 Å². The predicted octanol–water partition coefficient (Wildman–Crippen LogP) is 2.64. The van der Waals surface area contributed by atoms with Gasteiger partial charge in [0.25, 0.3) is 5.91 Å². The maximum Gasteiger partial charge on any atom is 0.332 e. The molecule has 6 nitrogen and oxygen atoms in total. The van der Waals surface area contributed by atoms with E-state index in [2.05, 4.69) is 0 Å². The van der Waals surface area contributed by atoms with Crippen molar-refractivity contribution < 1.29 is 14.4 Å². The normalized spacial score (nSPS) is 24.6. The van der Waals surface area contributed by atoms with Crippen molar-refractivity contribution in [2.45, 2.75) is 44.6 Å². The first kappa shape index (κ1) is 17.1. The Kier molecular flexibility index (Phi) is 4.66. The number of fused-ring (bicyclic) bond motifs is 1. The van der Waals surface area contributed by atoms with Gasteiger partial charge in [0.2, 0.25) is 5.91 Å². The molecule has 1 aliphatic carbocycles. The van der Waals surface area contributed by atoms with Gasteiger partial charge in [-0.25, -0.2) is 9.69 Å². The van der Waals surface area contributed by atoms with E-state index in [1.165, 1.54) is 11.3 Å². The molecule has 138 valence electrons. The van der Waals surface area contributed by atoms with Crippen molar-refractivity contribution in [2.24, 2.45) is 5.92 Å². The zero-order valence-electron chi connectivity index (χ0n) is 15.0. The molecule has 2 aliphatic heterocycles. The smallest absolute Gasteiger partial charge is 0.332 e. The standard InChI is InChI=1S/C20H25N3O3/c24-18(15-8-3-1-4-9-15)21-12-7-13-22-17(14-21)19(25)23(20(22)26)16-10-5-2-6-11-16/h2,5-6,10-11,15,17H,1,3-4,7-9,12-14H2. The van der Waals surface area contributed by atoms with Crippen LogP contribution in [0.1, 0.15) is 38.5 Å². The highest BCUT2D eigenvalue weighted by Gasteiger charge is 2.48. The lowest BCUT2D eigenvalue weighted by Gasteiger charge is -2.29. The largest absolute Gasteiger partial charge is 0.340 e. The summed E-state index contributed by atoms with van der Waals surface area (Å²) >= 11 is 0. The summed E-state index contributed by atoms with van der Waals surface area (Å²) in [6, 6.07) is 8.21. The van der Waals surface area contributed by atoms with Crippen molar-refractivity contribution >= 4 is 23.5 Å². The van der Waals surface area contributed by atoms with Crippen LogP contribution in [0.2, 0.25) is 0 Å². The highest BCUT2D eigenvalue weighted by Crippen LogP contribution is 2.30. The topological polar surface area (TPSA) is 60.9 Å². The molecule has 4 rings (SSSR count). The van der Waals surface area contributed by atoms with Crippen LogP contribution in [0.4, 0.5) is 10.5 Å². The number of nitrogens with zero attached hydrogens (tertiary/aromatic N) is 3. The second-order valence-corrected chi connectivity index (χ2v) is 7.47. The maximum absolute atomic E-state index is 13.0. The number of para-hydroxylation sites is 1. The van der Waals surface area contributed by atoms with Crippen LogP contribution >= 0.6 is 0 Å². The SMILES string of the molecule is O=C(C1CCCCC1)N1CCCN2C(=O)N(c3ccccc3)C(=O)C2C1. The van der Waals surface area contributed by atoms with Gasteiger partial charge >= 0.3 is 6.03 Å². The minimum Gasteiger partial charge on any atom is -0.340 e. The van der Waals surface area contributed by atoms with Crippen LogP contribution < -0.4 is 4.90 Å². The Morgan fingerprint density at radius 1 is 0.923 bits per heavy atom. The quantitative estimate of drug-likeness (QED) is 0.766. The molecule has 0 radical (unpaired) electrons. The summed E-state index contributed by atoms with van der Waals surface area (Å²) in [4.78, 5) is 43.5. The van der Waals surface area contributed by atoms with E-state index >= 15 is 0 Å². The first-order valence-corrected chi connectivity index (χ1v) is 9.65.